The first-order chi connectivity index (χ1) is 9.11. The van der Waals surface area contributed by atoms with Crippen molar-refractivity contribution in [2.75, 3.05) is 7.05 Å². The van der Waals surface area contributed by atoms with E-state index in [9.17, 15) is 5.11 Å². The first-order valence-corrected chi connectivity index (χ1v) is 7.16. The van der Waals surface area contributed by atoms with Crippen molar-refractivity contribution in [2.45, 2.75) is 56.8 Å². The predicted molar refractivity (Wildman–Crippen MR) is 76.7 cm³/mol. The van der Waals surface area contributed by atoms with E-state index in [1.165, 1.54) is 6.42 Å². The van der Waals surface area contributed by atoms with Gasteiger partial charge in [-0.15, -0.1) is 0 Å². The van der Waals surface area contributed by atoms with Crippen molar-refractivity contribution in [3.63, 3.8) is 0 Å². The Balaban J connectivity index is 2.19. The van der Waals surface area contributed by atoms with Gasteiger partial charge in [-0.25, -0.2) is 0 Å². The van der Waals surface area contributed by atoms with E-state index in [1.807, 2.05) is 19.2 Å². The Morgan fingerprint density at radius 1 is 1.42 bits per heavy atom. The van der Waals surface area contributed by atoms with Crippen LogP contribution in [0, 0.1) is 0 Å². The number of hydrogen-bond acceptors (Lipinski definition) is 4. The molecular weight excluding hydrogens is 238 g/mol. The third-order valence-corrected chi connectivity index (χ3v) is 4.18. The summed E-state index contributed by atoms with van der Waals surface area (Å²) in [6.07, 6.45) is 7.66. The number of hydrogen-bond donors (Lipinski definition) is 2. The summed E-state index contributed by atoms with van der Waals surface area (Å²) < 4.78 is 0. The van der Waals surface area contributed by atoms with Crippen molar-refractivity contribution in [1.29, 1.82) is 0 Å². The predicted octanol–water partition coefficient (Wildman–Crippen LogP) is 1.71. The zero-order valence-electron chi connectivity index (χ0n) is 11.9. The van der Waals surface area contributed by atoms with Crippen LogP contribution in [0.2, 0.25) is 0 Å². The van der Waals surface area contributed by atoms with Gasteiger partial charge in [0.05, 0.1) is 12.1 Å². The van der Waals surface area contributed by atoms with Crippen LogP contribution in [0.15, 0.2) is 24.5 Å². The van der Waals surface area contributed by atoms with Crippen molar-refractivity contribution in [3.05, 3.63) is 30.1 Å². The summed E-state index contributed by atoms with van der Waals surface area (Å²) in [5, 5.41) is 10.2. The fourth-order valence-corrected chi connectivity index (χ4v) is 3.23. The van der Waals surface area contributed by atoms with Gasteiger partial charge in [-0.05, 0) is 38.4 Å². The molecule has 0 aliphatic heterocycles. The summed E-state index contributed by atoms with van der Waals surface area (Å²) in [7, 11) is 2.07. The quantitative estimate of drug-likeness (QED) is 0.868. The highest BCUT2D eigenvalue weighted by Crippen LogP contribution is 2.30. The molecule has 1 saturated carbocycles. The van der Waals surface area contributed by atoms with Crippen molar-refractivity contribution in [2.24, 2.45) is 5.73 Å². The molecule has 4 heteroatoms. The number of aromatic nitrogens is 1. The van der Waals surface area contributed by atoms with Crippen LogP contribution in [-0.2, 0) is 0 Å². The Morgan fingerprint density at radius 2 is 2.16 bits per heavy atom. The van der Waals surface area contributed by atoms with E-state index in [2.05, 4.69) is 23.0 Å². The van der Waals surface area contributed by atoms with E-state index in [4.69, 9.17) is 5.73 Å². The first-order valence-electron chi connectivity index (χ1n) is 7.16. The maximum atomic E-state index is 10.2. The molecule has 106 valence electrons. The number of rotatable bonds is 4. The van der Waals surface area contributed by atoms with Crippen molar-refractivity contribution in [3.8, 4) is 0 Å². The molecule has 0 aromatic carbocycles. The SMILES string of the molecule is CC(N)C(c1cccnc1)N(C)C1CCCCC1O. The molecule has 1 aromatic heterocycles. The number of nitrogens with two attached hydrogens (primary N) is 1. The van der Waals surface area contributed by atoms with E-state index in [-0.39, 0.29) is 24.2 Å². The third-order valence-electron chi connectivity index (χ3n) is 4.18. The highest BCUT2D eigenvalue weighted by Gasteiger charge is 2.32. The van der Waals surface area contributed by atoms with Gasteiger partial charge in [0.1, 0.15) is 0 Å². The largest absolute Gasteiger partial charge is 0.391 e. The van der Waals surface area contributed by atoms with Crippen LogP contribution in [0.1, 0.15) is 44.2 Å². The Labute approximate surface area is 115 Å². The van der Waals surface area contributed by atoms with E-state index < -0.39 is 0 Å². The lowest BCUT2D eigenvalue weighted by Gasteiger charge is -2.41. The van der Waals surface area contributed by atoms with E-state index >= 15 is 0 Å². The number of aliphatic hydroxyl groups is 1. The van der Waals surface area contributed by atoms with Crippen LogP contribution in [0.5, 0.6) is 0 Å². The second kappa shape index (κ2) is 6.46. The summed E-state index contributed by atoms with van der Waals surface area (Å²) in [5.74, 6) is 0. The summed E-state index contributed by atoms with van der Waals surface area (Å²) in [5.41, 5.74) is 7.29. The molecule has 0 saturated heterocycles. The van der Waals surface area contributed by atoms with Crippen LogP contribution in [0.25, 0.3) is 0 Å². The zero-order chi connectivity index (χ0) is 13.8. The monoisotopic (exact) mass is 263 g/mol. The first kappa shape index (κ1) is 14.4. The fraction of sp³-hybridized carbons (Fsp3) is 0.667. The van der Waals surface area contributed by atoms with Gasteiger partial charge in [0, 0.05) is 24.5 Å². The average molecular weight is 263 g/mol. The summed E-state index contributed by atoms with van der Waals surface area (Å²) in [6, 6.07) is 4.31. The summed E-state index contributed by atoms with van der Waals surface area (Å²) in [6.45, 7) is 2.02. The molecule has 4 nitrogen and oxygen atoms in total. The lowest BCUT2D eigenvalue weighted by atomic mass is 9.89. The van der Waals surface area contributed by atoms with E-state index in [1.54, 1.807) is 6.20 Å². The van der Waals surface area contributed by atoms with E-state index in [0.717, 1.165) is 24.8 Å². The van der Waals surface area contributed by atoms with Gasteiger partial charge in [-0.1, -0.05) is 18.9 Å². The van der Waals surface area contributed by atoms with Gasteiger partial charge in [0.2, 0.25) is 0 Å². The topological polar surface area (TPSA) is 62.4 Å². The minimum Gasteiger partial charge on any atom is -0.391 e. The third kappa shape index (κ3) is 3.32. The molecule has 1 fully saturated rings. The molecule has 1 aliphatic carbocycles. The Morgan fingerprint density at radius 3 is 2.74 bits per heavy atom. The fourth-order valence-electron chi connectivity index (χ4n) is 3.23. The van der Waals surface area contributed by atoms with Gasteiger partial charge < -0.3 is 10.8 Å². The lowest BCUT2D eigenvalue weighted by Crippen LogP contribution is -2.49. The van der Waals surface area contributed by atoms with Crippen molar-refractivity contribution < 1.29 is 5.11 Å². The van der Waals surface area contributed by atoms with Crippen LogP contribution in [-0.4, -0.2) is 40.2 Å². The number of nitrogens with zero attached hydrogens (tertiary/aromatic N) is 2. The number of pyridine rings is 1. The maximum Gasteiger partial charge on any atom is 0.0695 e. The number of likely N-dealkylation sites (N-methyl/N-ethyl adjacent to an activating group) is 1. The minimum atomic E-state index is -0.239. The molecular formula is C15H25N3O. The molecule has 0 amide bonds. The molecule has 2 rings (SSSR count). The highest BCUT2D eigenvalue weighted by molar-refractivity contribution is 5.16. The van der Waals surface area contributed by atoms with Crippen LogP contribution >= 0.6 is 0 Å². The Bertz CT molecular complexity index is 382. The Kier molecular flexibility index (Phi) is 4.91. The summed E-state index contributed by atoms with van der Waals surface area (Å²) >= 11 is 0. The van der Waals surface area contributed by atoms with Gasteiger partial charge in [-0.3, -0.25) is 9.88 Å². The maximum absolute atomic E-state index is 10.2. The molecule has 1 aliphatic rings. The molecule has 19 heavy (non-hydrogen) atoms. The van der Waals surface area contributed by atoms with Gasteiger partial charge in [0.15, 0.2) is 0 Å². The molecule has 4 unspecified atom stereocenters. The van der Waals surface area contributed by atoms with Gasteiger partial charge in [-0.2, -0.15) is 0 Å². The molecule has 0 bridgehead atoms. The molecule has 0 radical (unpaired) electrons. The summed E-state index contributed by atoms with van der Waals surface area (Å²) in [4.78, 5) is 6.43. The molecule has 0 spiro atoms. The van der Waals surface area contributed by atoms with Crippen LogP contribution < -0.4 is 5.73 Å². The lowest BCUT2D eigenvalue weighted by molar-refractivity contribution is 0.00784. The van der Waals surface area contributed by atoms with Crippen LogP contribution in [0.3, 0.4) is 0 Å². The normalized spacial score (nSPS) is 27.2. The van der Waals surface area contributed by atoms with E-state index in [0.29, 0.717) is 0 Å². The molecule has 4 atom stereocenters. The smallest absolute Gasteiger partial charge is 0.0695 e. The van der Waals surface area contributed by atoms with Gasteiger partial charge in [0.25, 0.3) is 0 Å². The standard InChI is InChI=1S/C15H25N3O/c1-11(16)15(12-6-5-9-17-10-12)18(2)13-7-3-4-8-14(13)19/h5-6,9-11,13-15,19H,3-4,7-8,16H2,1-2H3. The highest BCUT2D eigenvalue weighted by atomic mass is 16.3. The average Bonchev–Trinajstić information content (AvgIpc) is 2.40. The number of aliphatic hydroxyl groups excluding tert-OH is 1. The van der Waals surface area contributed by atoms with Crippen molar-refractivity contribution >= 4 is 0 Å². The zero-order valence-corrected chi connectivity index (χ0v) is 11.9. The second-order valence-corrected chi connectivity index (χ2v) is 5.67. The minimum absolute atomic E-state index is 0.00308. The van der Waals surface area contributed by atoms with Crippen molar-refractivity contribution in [1.82, 2.24) is 9.88 Å². The molecule has 1 heterocycles. The molecule has 1 aromatic rings. The van der Waals surface area contributed by atoms with Gasteiger partial charge >= 0.3 is 0 Å². The van der Waals surface area contributed by atoms with Crippen LogP contribution in [0.4, 0.5) is 0 Å². The molecule has 3 N–H and O–H groups in total. The Hall–Kier alpha value is -0.970. The second-order valence-electron chi connectivity index (χ2n) is 5.67.